The number of ether oxygens (including phenoxy) is 2. The fraction of sp³-hybridized carbons (Fsp3) is 0.588. The lowest BCUT2D eigenvalue weighted by molar-refractivity contribution is -0.385. The Morgan fingerprint density at radius 3 is 2.88 bits per heavy atom. The van der Waals surface area contributed by atoms with Crippen LogP contribution >= 0.6 is 0 Å². The molecular weight excluding hydrogens is 310 g/mol. The second kappa shape index (κ2) is 6.75. The van der Waals surface area contributed by atoms with Gasteiger partial charge in [-0.1, -0.05) is 6.92 Å². The van der Waals surface area contributed by atoms with Crippen LogP contribution in [0.1, 0.15) is 38.2 Å². The number of hydrogen-bond acceptors (Lipinski definition) is 6. The molecule has 0 aromatic heterocycles. The van der Waals surface area contributed by atoms with E-state index < -0.39 is 10.7 Å². The van der Waals surface area contributed by atoms with Gasteiger partial charge in [0.2, 0.25) is 0 Å². The normalized spacial score (nSPS) is 29.3. The van der Waals surface area contributed by atoms with E-state index in [0.717, 1.165) is 31.6 Å². The van der Waals surface area contributed by atoms with Crippen molar-refractivity contribution in [1.82, 2.24) is 0 Å². The zero-order chi connectivity index (χ0) is 17.2. The van der Waals surface area contributed by atoms with Gasteiger partial charge in [-0.2, -0.15) is 5.26 Å². The number of nitrogens with zero attached hydrogens (tertiary/aromatic N) is 2. The first-order valence-corrected chi connectivity index (χ1v) is 8.25. The van der Waals surface area contributed by atoms with Crippen LogP contribution in [0.15, 0.2) is 18.2 Å². The lowest BCUT2D eigenvalue weighted by Crippen LogP contribution is -2.36. The van der Waals surface area contributed by atoms with E-state index in [4.69, 9.17) is 14.7 Å². The predicted molar refractivity (Wildman–Crippen MR) is 87.5 cm³/mol. The molecule has 1 saturated heterocycles. The first kappa shape index (κ1) is 16.7. The summed E-state index contributed by atoms with van der Waals surface area (Å²) in [6.45, 7) is 3.33. The van der Waals surface area contributed by atoms with E-state index in [0.29, 0.717) is 18.8 Å². The Hall–Kier alpha value is -2.17. The maximum Gasteiger partial charge on any atom is 0.287 e. The summed E-state index contributed by atoms with van der Waals surface area (Å²) in [5.41, 5.74) is 0.532. The van der Waals surface area contributed by atoms with Crippen LogP contribution in [0.3, 0.4) is 0 Å². The summed E-state index contributed by atoms with van der Waals surface area (Å²) in [7, 11) is 0. The number of hydrogen-bond donors (Lipinski definition) is 1. The number of benzene rings is 1. The van der Waals surface area contributed by atoms with Crippen LogP contribution in [0.5, 0.6) is 0 Å². The van der Waals surface area contributed by atoms with Gasteiger partial charge >= 0.3 is 0 Å². The Bertz CT molecular complexity index is 662. The summed E-state index contributed by atoms with van der Waals surface area (Å²) in [5, 5.41) is 23.1. The molecule has 1 spiro atoms. The highest BCUT2D eigenvalue weighted by molar-refractivity contribution is 5.58. The maximum atomic E-state index is 10.9. The van der Waals surface area contributed by atoms with Crippen molar-refractivity contribution in [3.8, 4) is 6.07 Å². The minimum atomic E-state index is -0.552. The standard InChI is InChI=1S/C17H21N3O4/c1-12-4-6-17(7-5-12)23-11-15(24-17)10-19-14-2-3-16(20(21)22)13(8-14)9-18/h2-3,8,12,15,19H,4-7,10-11H2,1H3/t12?,15-,17?/m0/s1. The van der Waals surface area contributed by atoms with Crippen LogP contribution in [-0.4, -0.2) is 30.0 Å². The first-order chi connectivity index (χ1) is 11.5. The van der Waals surface area contributed by atoms with Gasteiger partial charge in [0.05, 0.1) is 11.5 Å². The SMILES string of the molecule is CC1CCC2(CC1)OC[C@H](CNc1ccc([N+](=O)[O-])c(C#N)c1)O2. The molecule has 2 aliphatic rings. The third kappa shape index (κ3) is 3.50. The van der Waals surface area contributed by atoms with Gasteiger partial charge in [0.25, 0.3) is 5.69 Å². The van der Waals surface area contributed by atoms with Crippen LogP contribution in [0.2, 0.25) is 0 Å². The van der Waals surface area contributed by atoms with Crippen molar-refractivity contribution >= 4 is 11.4 Å². The highest BCUT2D eigenvalue weighted by Crippen LogP contribution is 2.39. The highest BCUT2D eigenvalue weighted by Gasteiger charge is 2.43. The average molecular weight is 331 g/mol. The minimum Gasteiger partial charge on any atom is -0.382 e. The van der Waals surface area contributed by atoms with Crippen LogP contribution in [0.25, 0.3) is 0 Å². The van der Waals surface area contributed by atoms with E-state index >= 15 is 0 Å². The van der Waals surface area contributed by atoms with Crippen molar-refractivity contribution in [2.24, 2.45) is 5.92 Å². The molecule has 1 aromatic carbocycles. The molecular formula is C17H21N3O4. The van der Waals surface area contributed by atoms with Gasteiger partial charge in [-0.25, -0.2) is 0 Å². The zero-order valence-corrected chi connectivity index (χ0v) is 13.7. The lowest BCUT2D eigenvalue weighted by Gasteiger charge is -2.34. The van der Waals surface area contributed by atoms with Crippen molar-refractivity contribution in [2.45, 2.75) is 44.5 Å². The monoisotopic (exact) mass is 331 g/mol. The fourth-order valence-electron chi connectivity index (χ4n) is 3.31. The fourth-order valence-corrected chi connectivity index (χ4v) is 3.31. The summed E-state index contributed by atoms with van der Waals surface area (Å²) >= 11 is 0. The van der Waals surface area contributed by atoms with E-state index in [1.165, 1.54) is 12.1 Å². The molecule has 3 rings (SSSR count). The summed E-state index contributed by atoms with van der Waals surface area (Å²) in [5.74, 6) is 0.302. The minimum absolute atomic E-state index is 0.0475. The quantitative estimate of drug-likeness (QED) is 0.672. The van der Waals surface area contributed by atoms with Crippen molar-refractivity contribution in [2.75, 3.05) is 18.5 Å². The molecule has 128 valence electrons. The van der Waals surface area contributed by atoms with E-state index in [-0.39, 0.29) is 17.4 Å². The van der Waals surface area contributed by atoms with Crippen molar-refractivity contribution in [1.29, 1.82) is 5.26 Å². The van der Waals surface area contributed by atoms with Crippen LogP contribution in [0.4, 0.5) is 11.4 Å². The topological polar surface area (TPSA) is 97.4 Å². The molecule has 1 aliphatic carbocycles. The van der Waals surface area contributed by atoms with Crippen LogP contribution < -0.4 is 5.32 Å². The Labute approximate surface area is 140 Å². The van der Waals surface area contributed by atoms with Crippen molar-refractivity contribution in [3.63, 3.8) is 0 Å². The smallest absolute Gasteiger partial charge is 0.287 e. The summed E-state index contributed by atoms with van der Waals surface area (Å²) in [4.78, 5) is 10.3. The van der Waals surface area contributed by atoms with Gasteiger partial charge in [0.1, 0.15) is 17.7 Å². The molecule has 7 heteroatoms. The third-order valence-electron chi connectivity index (χ3n) is 4.80. The Kier molecular flexibility index (Phi) is 4.69. The summed E-state index contributed by atoms with van der Waals surface area (Å²) < 4.78 is 12.0. The van der Waals surface area contributed by atoms with Gasteiger partial charge in [0.15, 0.2) is 5.79 Å². The van der Waals surface area contributed by atoms with Gasteiger partial charge in [-0.15, -0.1) is 0 Å². The second-order valence-electron chi connectivity index (χ2n) is 6.63. The van der Waals surface area contributed by atoms with Crippen LogP contribution in [-0.2, 0) is 9.47 Å². The summed E-state index contributed by atoms with van der Waals surface area (Å²) in [6.07, 6.45) is 4.04. The number of nitro benzene ring substituents is 1. The molecule has 0 amide bonds. The Morgan fingerprint density at radius 1 is 1.46 bits per heavy atom. The Balaban J connectivity index is 1.57. The van der Waals surface area contributed by atoms with E-state index in [9.17, 15) is 10.1 Å². The average Bonchev–Trinajstić information content (AvgIpc) is 2.98. The molecule has 2 fully saturated rings. The lowest BCUT2D eigenvalue weighted by atomic mass is 9.86. The summed E-state index contributed by atoms with van der Waals surface area (Å²) in [6, 6.07) is 6.30. The molecule has 1 aliphatic heterocycles. The molecule has 1 atom stereocenters. The first-order valence-electron chi connectivity index (χ1n) is 8.25. The molecule has 1 aromatic rings. The molecule has 1 saturated carbocycles. The molecule has 0 radical (unpaired) electrons. The molecule has 7 nitrogen and oxygen atoms in total. The Morgan fingerprint density at radius 2 is 2.21 bits per heavy atom. The van der Waals surface area contributed by atoms with Gasteiger partial charge < -0.3 is 14.8 Å². The largest absolute Gasteiger partial charge is 0.382 e. The van der Waals surface area contributed by atoms with Crippen molar-refractivity contribution < 1.29 is 14.4 Å². The van der Waals surface area contributed by atoms with Gasteiger partial charge in [-0.3, -0.25) is 10.1 Å². The van der Waals surface area contributed by atoms with E-state index in [2.05, 4.69) is 12.2 Å². The maximum absolute atomic E-state index is 10.9. The van der Waals surface area contributed by atoms with Crippen LogP contribution in [0, 0.1) is 27.4 Å². The molecule has 24 heavy (non-hydrogen) atoms. The predicted octanol–water partition coefficient (Wildman–Crippen LogP) is 3.20. The molecule has 1 N–H and O–H groups in total. The second-order valence-corrected chi connectivity index (χ2v) is 6.63. The number of nitrogens with one attached hydrogen (secondary N) is 1. The van der Waals surface area contributed by atoms with E-state index in [1.807, 2.05) is 6.07 Å². The van der Waals surface area contributed by atoms with Gasteiger partial charge in [-0.05, 0) is 30.9 Å². The number of nitriles is 1. The number of nitro groups is 1. The zero-order valence-electron chi connectivity index (χ0n) is 13.7. The van der Waals surface area contributed by atoms with Crippen molar-refractivity contribution in [3.05, 3.63) is 33.9 Å². The third-order valence-corrected chi connectivity index (χ3v) is 4.80. The van der Waals surface area contributed by atoms with E-state index in [1.54, 1.807) is 6.07 Å². The molecule has 0 bridgehead atoms. The number of anilines is 1. The molecule has 0 unspecified atom stereocenters. The molecule has 1 heterocycles. The highest BCUT2D eigenvalue weighted by atomic mass is 16.7. The van der Waals surface area contributed by atoms with Gasteiger partial charge in [0, 0.05) is 31.1 Å². The number of rotatable bonds is 4.